The Hall–Kier alpha value is -1.07. The summed E-state index contributed by atoms with van der Waals surface area (Å²) in [6.07, 6.45) is 3.44. The molecule has 1 heterocycles. The van der Waals surface area contributed by atoms with Gasteiger partial charge in [-0.1, -0.05) is 0 Å². The quantitative estimate of drug-likeness (QED) is 0.686. The maximum Gasteiger partial charge on any atom is 0.0719 e. The molecule has 5 heteroatoms. The van der Waals surface area contributed by atoms with E-state index in [1.54, 1.807) is 17.1 Å². The van der Waals surface area contributed by atoms with Crippen molar-refractivity contribution in [1.82, 2.24) is 14.7 Å². The van der Waals surface area contributed by atoms with Crippen molar-refractivity contribution in [2.45, 2.75) is 19.5 Å². The zero-order valence-electron chi connectivity index (χ0n) is 8.72. The van der Waals surface area contributed by atoms with Crippen molar-refractivity contribution in [2.24, 2.45) is 0 Å². The van der Waals surface area contributed by atoms with Gasteiger partial charge < -0.3 is 10.8 Å². The average molecular weight is 198 g/mol. The van der Waals surface area contributed by atoms with E-state index in [-0.39, 0.29) is 12.6 Å². The molecule has 14 heavy (non-hydrogen) atoms. The molecule has 0 saturated heterocycles. The van der Waals surface area contributed by atoms with Gasteiger partial charge >= 0.3 is 0 Å². The second kappa shape index (κ2) is 4.97. The van der Waals surface area contributed by atoms with Gasteiger partial charge in [0.15, 0.2) is 0 Å². The molecule has 3 N–H and O–H groups in total. The van der Waals surface area contributed by atoms with Gasteiger partial charge in [0.1, 0.15) is 0 Å². The molecule has 0 fully saturated rings. The van der Waals surface area contributed by atoms with Crippen molar-refractivity contribution in [2.75, 3.05) is 25.9 Å². The lowest BCUT2D eigenvalue weighted by Crippen LogP contribution is -2.34. The first kappa shape index (κ1) is 11.0. The Balaban J connectivity index is 2.33. The first-order valence-corrected chi connectivity index (χ1v) is 4.72. The highest BCUT2D eigenvalue weighted by molar-refractivity contribution is 5.30. The molecule has 0 aliphatic heterocycles. The smallest absolute Gasteiger partial charge is 0.0719 e. The van der Waals surface area contributed by atoms with E-state index >= 15 is 0 Å². The van der Waals surface area contributed by atoms with Crippen LogP contribution in [-0.2, 0) is 6.54 Å². The average Bonchev–Trinajstić information content (AvgIpc) is 2.59. The summed E-state index contributed by atoms with van der Waals surface area (Å²) in [6.45, 7) is 3.80. The maximum atomic E-state index is 8.92. The summed E-state index contributed by atoms with van der Waals surface area (Å²) in [4.78, 5) is 2.08. The molecular weight excluding hydrogens is 180 g/mol. The van der Waals surface area contributed by atoms with E-state index in [0.29, 0.717) is 5.69 Å². The molecule has 5 nitrogen and oxygen atoms in total. The molecule has 0 aliphatic rings. The lowest BCUT2D eigenvalue weighted by Gasteiger charge is -2.22. The second-order valence-corrected chi connectivity index (χ2v) is 3.55. The minimum absolute atomic E-state index is 0.178. The topological polar surface area (TPSA) is 67.3 Å². The van der Waals surface area contributed by atoms with Crippen LogP contribution < -0.4 is 5.73 Å². The summed E-state index contributed by atoms with van der Waals surface area (Å²) < 4.78 is 1.80. The van der Waals surface area contributed by atoms with Crippen molar-refractivity contribution in [1.29, 1.82) is 0 Å². The van der Waals surface area contributed by atoms with Crippen molar-refractivity contribution < 1.29 is 5.11 Å². The Morgan fingerprint density at radius 2 is 2.43 bits per heavy atom. The van der Waals surface area contributed by atoms with Gasteiger partial charge in [-0.05, 0) is 14.0 Å². The van der Waals surface area contributed by atoms with E-state index < -0.39 is 0 Å². The highest BCUT2D eigenvalue weighted by Crippen LogP contribution is 1.99. The normalized spacial score (nSPS) is 13.4. The third-order valence-corrected chi connectivity index (χ3v) is 2.35. The number of hydrogen-bond acceptors (Lipinski definition) is 4. The number of nitrogens with two attached hydrogens (primary N) is 1. The Bertz CT molecular complexity index is 274. The molecule has 1 aromatic rings. The number of aromatic nitrogens is 2. The lowest BCUT2D eigenvalue weighted by molar-refractivity contribution is 0.154. The van der Waals surface area contributed by atoms with Crippen LogP contribution in [0.15, 0.2) is 12.4 Å². The molecule has 0 radical (unpaired) electrons. The largest absolute Gasteiger partial charge is 0.396 e. The first-order chi connectivity index (χ1) is 6.63. The van der Waals surface area contributed by atoms with Crippen molar-refractivity contribution >= 4 is 5.69 Å². The third-order valence-electron chi connectivity index (χ3n) is 2.35. The van der Waals surface area contributed by atoms with Crippen LogP contribution in [0.3, 0.4) is 0 Å². The summed E-state index contributed by atoms with van der Waals surface area (Å²) in [5.74, 6) is 0. The fourth-order valence-electron chi connectivity index (χ4n) is 1.12. The van der Waals surface area contributed by atoms with Crippen LogP contribution in [0.5, 0.6) is 0 Å². The van der Waals surface area contributed by atoms with Gasteiger partial charge in [0, 0.05) is 18.8 Å². The number of nitrogen functional groups attached to an aromatic ring is 1. The van der Waals surface area contributed by atoms with Crippen molar-refractivity contribution in [3.8, 4) is 0 Å². The molecule has 0 bridgehead atoms. The van der Waals surface area contributed by atoms with Gasteiger partial charge in [-0.2, -0.15) is 5.10 Å². The van der Waals surface area contributed by atoms with E-state index in [1.807, 2.05) is 14.0 Å². The van der Waals surface area contributed by atoms with E-state index in [9.17, 15) is 0 Å². The molecule has 0 spiro atoms. The maximum absolute atomic E-state index is 8.92. The first-order valence-electron chi connectivity index (χ1n) is 4.72. The fourth-order valence-corrected chi connectivity index (χ4v) is 1.12. The molecule has 0 aromatic carbocycles. The SMILES string of the molecule is CC(CO)N(C)CCn1cc(N)cn1. The van der Waals surface area contributed by atoms with Crippen LogP contribution in [0.4, 0.5) is 5.69 Å². The Morgan fingerprint density at radius 3 is 2.93 bits per heavy atom. The summed E-state index contributed by atoms with van der Waals surface area (Å²) in [5, 5.41) is 13.0. The highest BCUT2D eigenvalue weighted by Gasteiger charge is 2.07. The predicted octanol–water partition coefficient (Wildman–Crippen LogP) is -0.222. The predicted molar refractivity (Wildman–Crippen MR) is 55.8 cm³/mol. The van der Waals surface area contributed by atoms with E-state index in [1.165, 1.54) is 0 Å². The van der Waals surface area contributed by atoms with Gasteiger partial charge in [0.25, 0.3) is 0 Å². The highest BCUT2D eigenvalue weighted by atomic mass is 16.3. The van der Waals surface area contributed by atoms with Crippen LogP contribution in [0.25, 0.3) is 0 Å². The number of anilines is 1. The van der Waals surface area contributed by atoms with Crippen LogP contribution in [-0.4, -0.2) is 46.0 Å². The number of likely N-dealkylation sites (N-methyl/N-ethyl adjacent to an activating group) is 1. The molecule has 0 saturated carbocycles. The molecule has 80 valence electrons. The molecular formula is C9H18N4O. The minimum Gasteiger partial charge on any atom is -0.396 e. The van der Waals surface area contributed by atoms with Gasteiger partial charge in [0.2, 0.25) is 0 Å². The summed E-state index contributed by atoms with van der Waals surface area (Å²) in [5.41, 5.74) is 6.22. The van der Waals surface area contributed by atoms with Gasteiger partial charge in [-0.25, -0.2) is 0 Å². The van der Waals surface area contributed by atoms with E-state index in [0.717, 1.165) is 13.1 Å². The van der Waals surface area contributed by atoms with Crippen molar-refractivity contribution in [3.63, 3.8) is 0 Å². The van der Waals surface area contributed by atoms with E-state index in [2.05, 4.69) is 10.00 Å². The van der Waals surface area contributed by atoms with Crippen LogP contribution >= 0.6 is 0 Å². The number of rotatable bonds is 5. The molecule has 1 rings (SSSR count). The number of hydrogen-bond donors (Lipinski definition) is 2. The zero-order valence-corrected chi connectivity index (χ0v) is 8.72. The zero-order chi connectivity index (χ0) is 10.6. The van der Waals surface area contributed by atoms with Gasteiger partial charge in [-0.15, -0.1) is 0 Å². The standard InChI is InChI=1S/C9H18N4O/c1-8(7-14)12(2)3-4-13-6-9(10)5-11-13/h5-6,8,14H,3-4,7,10H2,1-2H3. The van der Waals surface area contributed by atoms with Gasteiger partial charge in [0.05, 0.1) is 25.0 Å². The number of aliphatic hydroxyl groups is 1. The lowest BCUT2D eigenvalue weighted by atomic mass is 10.3. The molecule has 1 aromatic heterocycles. The van der Waals surface area contributed by atoms with Crippen LogP contribution in [0, 0.1) is 0 Å². The molecule has 1 unspecified atom stereocenters. The third kappa shape index (κ3) is 3.01. The van der Waals surface area contributed by atoms with Gasteiger partial charge in [-0.3, -0.25) is 9.58 Å². The summed E-state index contributed by atoms with van der Waals surface area (Å²) in [7, 11) is 1.98. The summed E-state index contributed by atoms with van der Waals surface area (Å²) >= 11 is 0. The van der Waals surface area contributed by atoms with Crippen LogP contribution in [0.2, 0.25) is 0 Å². The van der Waals surface area contributed by atoms with Crippen LogP contribution in [0.1, 0.15) is 6.92 Å². The van der Waals surface area contributed by atoms with Crippen molar-refractivity contribution in [3.05, 3.63) is 12.4 Å². The minimum atomic E-state index is 0.178. The van der Waals surface area contributed by atoms with E-state index in [4.69, 9.17) is 10.8 Å². The number of nitrogens with zero attached hydrogens (tertiary/aromatic N) is 3. The fraction of sp³-hybridized carbons (Fsp3) is 0.667. The monoisotopic (exact) mass is 198 g/mol. The Morgan fingerprint density at radius 1 is 1.71 bits per heavy atom. The second-order valence-electron chi connectivity index (χ2n) is 3.55. The molecule has 0 amide bonds. The summed E-state index contributed by atoms with van der Waals surface area (Å²) in [6, 6.07) is 0.183. The Kier molecular flexibility index (Phi) is 3.91. The Labute approximate surface area is 84.1 Å². The molecule has 0 aliphatic carbocycles. The molecule has 1 atom stereocenters. The number of aliphatic hydroxyl groups excluding tert-OH is 1.